The number of guanidine groups is 1. The van der Waals surface area contributed by atoms with Gasteiger partial charge in [0.15, 0.2) is 5.96 Å². The molecule has 1 rings (SSSR count). The lowest BCUT2D eigenvalue weighted by atomic mass is 10.3. The van der Waals surface area contributed by atoms with Gasteiger partial charge in [0.1, 0.15) is 5.75 Å². The summed E-state index contributed by atoms with van der Waals surface area (Å²) in [5, 5.41) is 2.96. The highest BCUT2D eigenvalue weighted by Gasteiger charge is 1.96. The van der Waals surface area contributed by atoms with Gasteiger partial charge in [0, 0.05) is 12.7 Å². The largest absolute Gasteiger partial charge is 0.494 e. The van der Waals surface area contributed by atoms with E-state index in [9.17, 15) is 0 Å². The van der Waals surface area contributed by atoms with E-state index in [4.69, 9.17) is 10.5 Å². The van der Waals surface area contributed by atoms with E-state index in [1.54, 1.807) is 7.05 Å². The third-order valence-corrected chi connectivity index (χ3v) is 2.13. The monoisotopic (exact) mass is 221 g/mol. The van der Waals surface area contributed by atoms with Crippen LogP contribution in [0, 0.1) is 0 Å². The molecule has 0 unspecified atom stereocenters. The summed E-state index contributed by atoms with van der Waals surface area (Å²) in [4.78, 5) is 3.82. The van der Waals surface area contributed by atoms with Gasteiger partial charge in [-0.05, 0) is 30.7 Å². The minimum absolute atomic E-state index is 0.402. The molecular formula is C12H19N3O. The summed E-state index contributed by atoms with van der Waals surface area (Å²) in [6.45, 7) is 2.91. The molecule has 0 spiro atoms. The second-order valence-corrected chi connectivity index (χ2v) is 3.46. The van der Waals surface area contributed by atoms with Gasteiger partial charge in [0.25, 0.3) is 0 Å². The zero-order valence-corrected chi connectivity index (χ0v) is 9.86. The van der Waals surface area contributed by atoms with Crippen LogP contribution in [0.15, 0.2) is 29.3 Å². The molecule has 1 aromatic rings. The van der Waals surface area contributed by atoms with Crippen molar-refractivity contribution >= 4 is 11.6 Å². The first-order chi connectivity index (χ1) is 7.76. The number of aliphatic imine (C=N–C) groups is 1. The fourth-order valence-corrected chi connectivity index (χ4v) is 1.17. The van der Waals surface area contributed by atoms with Gasteiger partial charge < -0.3 is 15.8 Å². The van der Waals surface area contributed by atoms with Crippen molar-refractivity contribution in [1.29, 1.82) is 0 Å². The molecule has 4 heteroatoms. The van der Waals surface area contributed by atoms with Gasteiger partial charge in [-0.15, -0.1) is 0 Å². The van der Waals surface area contributed by atoms with E-state index in [1.807, 2.05) is 24.3 Å². The van der Waals surface area contributed by atoms with E-state index >= 15 is 0 Å². The number of anilines is 1. The molecule has 1 aromatic carbocycles. The van der Waals surface area contributed by atoms with Crippen molar-refractivity contribution in [3.8, 4) is 5.75 Å². The first kappa shape index (κ1) is 12.4. The molecule has 0 saturated carbocycles. The van der Waals surface area contributed by atoms with Crippen LogP contribution in [-0.2, 0) is 0 Å². The Morgan fingerprint density at radius 1 is 1.38 bits per heavy atom. The number of hydrogen-bond donors (Lipinski definition) is 2. The Morgan fingerprint density at radius 2 is 2.06 bits per heavy atom. The van der Waals surface area contributed by atoms with E-state index in [0.29, 0.717) is 5.96 Å². The Bertz CT molecular complexity index is 333. The molecule has 0 atom stereocenters. The topological polar surface area (TPSA) is 59.6 Å². The second-order valence-electron chi connectivity index (χ2n) is 3.46. The van der Waals surface area contributed by atoms with Crippen LogP contribution in [-0.4, -0.2) is 19.6 Å². The number of nitrogens with zero attached hydrogens (tertiary/aromatic N) is 1. The molecular weight excluding hydrogens is 202 g/mol. The minimum atomic E-state index is 0.402. The molecule has 0 amide bonds. The van der Waals surface area contributed by atoms with E-state index in [1.165, 1.54) is 0 Å². The van der Waals surface area contributed by atoms with E-state index in [-0.39, 0.29) is 0 Å². The van der Waals surface area contributed by atoms with Gasteiger partial charge >= 0.3 is 0 Å². The molecule has 16 heavy (non-hydrogen) atoms. The third-order valence-electron chi connectivity index (χ3n) is 2.13. The lowest BCUT2D eigenvalue weighted by molar-refractivity contribution is 0.309. The SMILES string of the molecule is CCCCOc1ccc(NC(N)=NC)cc1. The minimum Gasteiger partial charge on any atom is -0.494 e. The predicted molar refractivity (Wildman–Crippen MR) is 68.0 cm³/mol. The molecule has 0 aliphatic carbocycles. The Morgan fingerprint density at radius 3 is 2.62 bits per heavy atom. The van der Waals surface area contributed by atoms with Crippen molar-refractivity contribution < 1.29 is 4.74 Å². The van der Waals surface area contributed by atoms with Gasteiger partial charge in [0.05, 0.1) is 6.61 Å². The highest BCUT2D eigenvalue weighted by Crippen LogP contribution is 2.15. The van der Waals surface area contributed by atoms with Gasteiger partial charge in [-0.3, -0.25) is 4.99 Å². The fourth-order valence-electron chi connectivity index (χ4n) is 1.17. The molecule has 0 aromatic heterocycles. The van der Waals surface area contributed by atoms with Crippen LogP contribution in [0.3, 0.4) is 0 Å². The maximum atomic E-state index is 5.55. The fraction of sp³-hybridized carbons (Fsp3) is 0.417. The molecule has 0 aliphatic rings. The standard InChI is InChI=1S/C12H19N3O/c1-3-4-9-16-11-7-5-10(6-8-11)15-12(13)14-2/h5-8H,3-4,9H2,1-2H3,(H3,13,14,15). The van der Waals surface area contributed by atoms with Crippen LogP contribution in [0.4, 0.5) is 5.69 Å². The lowest BCUT2D eigenvalue weighted by Gasteiger charge is -2.07. The highest BCUT2D eigenvalue weighted by molar-refractivity contribution is 5.92. The molecule has 0 bridgehead atoms. The van der Waals surface area contributed by atoms with Gasteiger partial charge in [0.2, 0.25) is 0 Å². The summed E-state index contributed by atoms with van der Waals surface area (Å²) in [6, 6.07) is 7.67. The summed E-state index contributed by atoms with van der Waals surface area (Å²) in [7, 11) is 1.64. The zero-order chi connectivity index (χ0) is 11.8. The summed E-state index contributed by atoms with van der Waals surface area (Å²) < 4.78 is 5.54. The molecule has 0 fully saturated rings. The number of benzene rings is 1. The Balaban J connectivity index is 2.47. The van der Waals surface area contributed by atoms with Crippen molar-refractivity contribution in [3.63, 3.8) is 0 Å². The lowest BCUT2D eigenvalue weighted by Crippen LogP contribution is -2.21. The van der Waals surface area contributed by atoms with Crippen LogP contribution >= 0.6 is 0 Å². The molecule has 0 radical (unpaired) electrons. The van der Waals surface area contributed by atoms with Crippen LogP contribution in [0.1, 0.15) is 19.8 Å². The van der Waals surface area contributed by atoms with Crippen molar-refractivity contribution in [2.24, 2.45) is 10.7 Å². The molecule has 0 heterocycles. The van der Waals surface area contributed by atoms with Gasteiger partial charge in [-0.25, -0.2) is 0 Å². The van der Waals surface area contributed by atoms with E-state index < -0.39 is 0 Å². The number of unbranched alkanes of at least 4 members (excludes halogenated alkanes) is 1. The summed E-state index contributed by atoms with van der Waals surface area (Å²) >= 11 is 0. The summed E-state index contributed by atoms with van der Waals surface area (Å²) in [5.41, 5.74) is 6.46. The Hall–Kier alpha value is -1.71. The first-order valence-electron chi connectivity index (χ1n) is 5.48. The van der Waals surface area contributed by atoms with E-state index in [0.717, 1.165) is 30.9 Å². The van der Waals surface area contributed by atoms with Crippen LogP contribution in [0.25, 0.3) is 0 Å². The maximum absolute atomic E-state index is 5.55. The molecule has 3 N–H and O–H groups in total. The molecule has 0 saturated heterocycles. The number of nitrogens with two attached hydrogens (primary N) is 1. The zero-order valence-electron chi connectivity index (χ0n) is 9.86. The number of rotatable bonds is 5. The molecule has 0 aliphatic heterocycles. The smallest absolute Gasteiger partial charge is 0.192 e. The number of nitrogens with one attached hydrogen (secondary N) is 1. The van der Waals surface area contributed by atoms with Crippen LogP contribution < -0.4 is 15.8 Å². The van der Waals surface area contributed by atoms with Gasteiger partial charge in [-0.1, -0.05) is 13.3 Å². The van der Waals surface area contributed by atoms with Gasteiger partial charge in [-0.2, -0.15) is 0 Å². The molecule has 4 nitrogen and oxygen atoms in total. The number of hydrogen-bond acceptors (Lipinski definition) is 2. The van der Waals surface area contributed by atoms with Crippen molar-refractivity contribution in [2.45, 2.75) is 19.8 Å². The summed E-state index contributed by atoms with van der Waals surface area (Å²) in [5.74, 6) is 1.28. The van der Waals surface area contributed by atoms with Crippen LogP contribution in [0.2, 0.25) is 0 Å². The summed E-state index contributed by atoms with van der Waals surface area (Å²) in [6.07, 6.45) is 2.22. The highest BCUT2D eigenvalue weighted by atomic mass is 16.5. The molecule has 88 valence electrons. The predicted octanol–water partition coefficient (Wildman–Crippen LogP) is 2.22. The normalized spacial score (nSPS) is 11.2. The second kappa shape index (κ2) is 6.71. The van der Waals surface area contributed by atoms with Crippen molar-refractivity contribution in [2.75, 3.05) is 19.0 Å². The Labute approximate surface area is 96.5 Å². The number of ether oxygens (including phenoxy) is 1. The third kappa shape index (κ3) is 4.21. The van der Waals surface area contributed by atoms with Crippen LogP contribution in [0.5, 0.6) is 5.75 Å². The average Bonchev–Trinajstić information content (AvgIpc) is 2.31. The quantitative estimate of drug-likeness (QED) is 0.455. The maximum Gasteiger partial charge on any atom is 0.192 e. The Kier molecular flexibility index (Phi) is 5.19. The first-order valence-corrected chi connectivity index (χ1v) is 5.48. The van der Waals surface area contributed by atoms with Crippen molar-refractivity contribution in [3.05, 3.63) is 24.3 Å². The van der Waals surface area contributed by atoms with E-state index in [2.05, 4.69) is 17.2 Å². The average molecular weight is 221 g/mol. The van der Waals surface area contributed by atoms with Crippen molar-refractivity contribution in [1.82, 2.24) is 0 Å².